The molecule has 0 radical (unpaired) electrons. The lowest BCUT2D eigenvalue weighted by Crippen LogP contribution is -2.33. The maximum Gasteiger partial charge on any atom is 0.259 e. The Morgan fingerprint density at radius 2 is 2.17 bits per heavy atom. The van der Waals surface area contributed by atoms with E-state index in [0.29, 0.717) is 34.8 Å². The summed E-state index contributed by atoms with van der Waals surface area (Å²) in [5, 5.41) is 11.2. The number of piperidine rings is 1. The van der Waals surface area contributed by atoms with Crippen LogP contribution in [0.3, 0.4) is 0 Å². The van der Waals surface area contributed by atoms with Crippen LogP contribution in [-0.2, 0) is 0 Å². The Morgan fingerprint density at radius 3 is 2.86 bits per heavy atom. The second-order valence-electron chi connectivity index (χ2n) is 7.59. The van der Waals surface area contributed by atoms with E-state index in [9.17, 15) is 4.79 Å². The highest BCUT2D eigenvalue weighted by Gasteiger charge is 2.21. The van der Waals surface area contributed by atoms with Crippen molar-refractivity contribution in [1.29, 1.82) is 0 Å². The van der Waals surface area contributed by atoms with Crippen LogP contribution >= 0.6 is 23.7 Å². The fraction of sp³-hybridized carbons (Fsp3) is 0.476. The number of carbonyl (C=O) groups excluding carboxylic acids is 1. The maximum absolute atomic E-state index is 13.0. The number of carbonyl (C=O) groups is 1. The minimum Gasteiger partial charge on any atom is -0.352 e. The zero-order chi connectivity index (χ0) is 19.7. The van der Waals surface area contributed by atoms with Gasteiger partial charge in [-0.05, 0) is 71.2 Å². The summed E-state index contributed by atoms with van der Waals surface area (Å²) in [7, 11) is 0. The number of fused-ring (bicyclic) bond motifs is 1. The average Bonchev–Trinajstić information content (AvgIpc) is 3.23. The van der Waals surface area contributed by atoms with Crippen LogP contribution in [0.5, 0.6) is 0 Å². The summed E-state index contributed by atoms with van der Waals surface area (Å²) >= 11 is 1.73. The van der Waals surface area contributed by atoms with Gasteiger partial charge < -0.3 is 15.2 Å². The fourth-order valence-corrected chi connectivity index (χ4v) is 4.89. The summed E-state index contributed by atoms with van der Waals surface area (Å²) in [4.78, 5) is 20.0. The molecule has 0 aliphatic carbocycles. The van der Waals surface area contributed by atoms with Crippen LogP contribution in [-0.4, -0.2) is 35.7 Å². The molecule has 3 aromatic rings. The van der Waals surface area contributed by atoms with Crippen LogP contribution in [0.15, 0.2) is 16.7 Å². The highest BCUT2D eigenvalue weighted by atomic mass is 35.5. The van der Waals surface area contributed by atoms with Crippen LogP contribution in [0.25, 0.3) is 22.4 Å². The van der Waals surface area contributed by atoms with Gasteiger partial charge in [0.25, 0.3) is 11.6 Å². The van der Waals surface area contributed by atoms with Crippen molar-refractivity contribution < 1.29 is 9.32 Å². The number of nitrogens with one attached hydrogen (secondary N) is 2. The molecule has 0 spiro atoms. The first-order chi connectivity index (χ1) is 13.5. The van der Waals surface area contributed by atoms with E-state index in [1.165, 1.54) is 22.6 Å². The van der Waals surface area contributed by atoms with Crippen molar-refractivity contribution in [1.82, 2.24) is 20.8 Å². The molecular weight excluding hydrogens is 408 g/mol. The van der Waals surface area contributed by atoms with Gasteiger partial charge in [0.05, 0.1) is 22.3 Å². The molecule has 2 N–H and O–H groups in total. The quantitative estimate of drug-likeness (QED) is 0.621. The highest BCUT2D eigenvalue weighted by Crippen LogP contribution is 2.32. The molecule has 1 saturated heterocycles. The van der Waals surface area contributed by atoms with Crippen LogP contribution in [0.2, 0.25) is 0 Å². The number of hydrogen-bond acceptors (Lipinski definition) is 6. The Balaban J connectivity index is 0.00000240. The summed E-state index contributed by atoms with van der Waals surface area (Å²) in [5.74, 6) is 0.546. The molecule has 0 bridgehead atoms. The van der Waals surface area contributed by atoms with E-state index in [1.54, 1.807) is 11.3 Å². The molecule has 4 heterocycles. The monoisotopic (exact) mass is 434 g/mol. The van der Waals surface area contributed by atoms with E-state index in [-0.39, 0.29) is 18.3 Å². The number of hydrogen-bond donors (Lipinski definition) is 2. The third kappa shape index (κ3) is 4.63. The van der Waals surface area contributed by atoms with Crippen LogP contribution < -0.4 is 10.6 Å². The normalized spacial score (nSPS) is 16.6. The lowest BCUT2D eigenvalue weighted by molar-refractivity contribution is 0.0952. The number of aromatic nitrogens is 2. The first kappa shape index (κ1) is 21.7. The Hall–Kier alpha value is -1.96. The smallest absolute Gasteiger partial charge is 0.259 e. The third-order valence-electron chi connectivity index (χ3n) is 5.42. The minimum atomic E-state index is -0.0895. The topological polar surface area (TPSA) is 80.0 Å². The summed E-state index contributed by atoms with van der Waals surface area (Å²) < 4.78 is 5.40. The van der Waals surface area contributed by atoms with Gasteiger partial charge >= 0.3 is 0 Å². The van der Waals surface area contributed by atoms with Gasteiger partial charge in [0, 0.05) is 21.9 Å². The average molecular weight is 435 g/mol. The predicted molar refractivity (Wildman–Crippen MR) is 119 cm³/mol. The molecule has 1 unspecified atom stereocenters. The first-order valence-electron chi connectivity index (χ1n) is 9.86. The zero-order valence-electron chi connectivity index (χ0n) is 17.0. The van der Waals surface area contributed by atoms with Crippen LogP contribution in [0, 0.1) is 26.7 Å². The minimum absolute atomic E-state index is 0. The van der Waals surface area contributed by atoms with E-state index >= 15 is 0 Å². The molecule has 6 nitrogen and oxygen atoms in total. The van der Waals surface area contributed by atoms with E-state index in [4.69, 9.17) is 4.52 Å². The van der Waals surface area contributed by atoms with E-state index in [0.717, 1.165) is 30.8 Å². The molecule has 1 amide bonds. The first-order valence-corrected chi connectivity index (χ1v) is 10.7. The van der Waals surface area contributed by atoms with Crippen molar-refractivity contribution in [3.63, 3.8) is 0 Å². The van der Waals surface area contributed by atoms with Gasteiger partial charge in [-0.15, -0.1) is 23.7 Å². The van der Waals surface area contributed by atoms with Gasteiger partial charge in [0.15, 0.2) is 0 Å². The summed E-state index contributed by atoms with van der Waals surface area (Å²) in [6.45, 7) is 8.81. The summed E-state index contributed by atoms with van der Waals surface area (Å²) in [6.07, 6.45) is 3.44. The molecule has 1 aliphatic heterocycles. The zero-order valence-corrected chi connectivity index (χ0v) is 18.6. The molecule has 156 valence electrons. The largest absolute Gasteiger partial charge is 0.352 e. The molecule has 1 aliphatic rings. The number of thiophene rings is 1. The van der Waals surface area contributed by atoms with Gasteiger partial charge in [-0.3, -0.25) is 4.79 Å². The van der Waals surface area contributed by atoms with Gasteiger partial charge in [0.2, 0.25) is 0 Å². The molecule has 1 fully saturated rings. The number of nitrogens with zero attached hydrogens (tertiary/aromatic N) is 2. The second-order valence-corrected chi connectivity index (χ2v) is 9.05. The Kier molecular flexibility index (Phi) is 6.93. The van der Waals surface area contributed by atoms with Gasteiger partial charge in [-0.2, -0.15) is 0 Å². The number of rotatable bonds is 5. The molecule has 29 heavy (non-hydrogen) atoms. The Bertz CT molecular complexity index is 1010. The number of halogens is 1. The van der Waals surface area contributed by atoms with Crippen LogP contribution in [0.4, 0.5) is 0 Å². The number of aryl methyl sites for hydroxylation is 3. The molecule has 0 aromatic carbocycles. The third-order valence-corrected chi connectivity index (χ3v) is 6.38. The summed E-state index contributed by atoms with van der Waals surface area (Å²) in [6, 6.07) is 3.98. The Labute approximate surface area is 180 Å². The van der Waals surface area contributed by atoms with E-state index in [1.807, 2.05) is 13.0 Å². The Morgan fingerprint density at radius 1 is 1.34 bits per heavy atom. The predicted octanol–water partition coefficient (Wildman–Crippen LogP) is 4.42. The number of amides is 1. The van der Waals surface area contributed by atoms with Gasteiger partial charge in [0.1, 0.15) is 0 Å². The van der Waals surface area contributed by atoms with Crippen molar-refractivity contribution in [3.8, 4) is 11.3 Å². The fourth-order valence-electron chi connectivity index (χ4n) is 3.95. The number of pyridine rings is 1. The lowest BCUT2D eigenvalue weighted by atomic mass is 9.96. The SMILES string of the molecule is Cc1cc(-c2cc(C(=O)NCCC3CCCNC3)c3c(C)noc3n2)c(C)s1.Cl. The second kappa shape index (κ2) is 9.24. The molecule has 0 saturated carbocycles. The van der Waals surface area contributed by atoms with Gasteiger partial charge in [-0.1, -0.05) is 5.16 Å². The lowest BCUT2D eigenvalue weighted by Gasteiger charge is -2.22. The van der Waals surface area contributed by atoms with Crippen molar-refractivity contribution >= 4 is 40.8 Å². The van der Waals surface area contributed by atoms with E-state index < -0.39 is 0 Å². The van der Waals surface area contributed by atoms with Crippen molar-refractivity contribution in [3.05, 3.63) is 33.1 Å². The van der Waals surface area contributed by atoms with Crippen molar-refractivity contribution in [2.45, 2.75) is 40.0 Å². The highest BCUT2D eigenvalue weighted by molar-refractivity contribution is 7.12. The standard InChI is InChI=1S/C21H26N4O2S.ClH/c1-12-9-16(14(3)28-12)18-10-17(19-13(2)25-27-21(19)24-18)20(26)23-8-6-15-5-4-7-22-11-15;/h9-10,15,22H,4-8,11H2,1-3H3,(H,23,26);1H. The van der Waals surface area contributed by atoms with Gasteiger partial charge in [-0.25, -0.2) is 4.98 Å². The van der Waals surface area contributed by atoms with Crippen molar-refractivity contribution in [2.24, 2.45) is 5.92 Å². The molecule has 4 rings (SSSR count). The molecular formula is C21H27ClN4O2S. The maximum atomic E-state index is 13.0. The van der Waals surface area contributed by atoms with Crippen LogP contribution in [0.1, 0.15) is 45.1 Å². The van der Waals surface area contributed by atoms with E-state index in [2.05, 4.69) is 40.7 Å². The molecule has 8 heteroatoms. The molecule has 3 aromatic heterocycles. The summed E-state index contributed by atoms with van der Waals surface area (Å²) in [5.41, 5.74) is 3.49. The van der Waals surface area contributed by atoms with Crippen molar-refractivity contribution in [2.75, 3.05) is 19.6 Å². The molecule has 1 atom stereocenters.